The van der Waals surface area contributed by atoms with Gasteiger partial charge in [-0.15, -0.1) is 0 Å². The van der Waals surface area contributed by atoms with Crippen LogP contribution in [0, 0.1) is 0 Å². The zero-order valence-electron chi connectivity index (χ0n) is 13.3. The monoisotopic (exact) mass is 307 g/mol. The average molecular weight is 307 g/mol. The number of rotatable bonds is 10. The van der Waals surface area contributed by atoms with Crippen molar-refractivity contribution in [1.82, 2.24) is 5.32 Å². The van der Waals surface area contributed by atoms with E-state index in [-0.39, 0.29) is 12.3 Å². The Balaban J connectivity index is 2.57. The highest BCUT2D eigenvalue weighted by atomic mass is 16.5. The molecule has 0 unspecified atom stereocenters. The fourth-order valence-corrected chi connectivity index (χ4v) is 2.15. The van der Waals surface area contributed by atoms with Gasteiger partial charge in [0.25, 0.3) is 0 Å². The molecule has 0 aliphatic rings. The van der Waals surface area contributed by atoms with Crippen LogP contribution >= 0.6 is 0 Å². The highest BCUT2D eigenvalue weighted by Crippen LogP contribution is 2.23. The van der Waals surface area contributed by atoms with Crippen molar-refractivity contribution >= 4 is 11.9 Å². The lowest BCUT2D eigenvalue weighted by Crippen LogP contribution is -2.24. The zero-order valence-corrected chi connectivity index (χ0v) is 13.3. The van der Waals surface area contributed by atoms with Crippen molar-refractivity contribution in [1.29, 1.82) is 0 Å². The maximum Gasteiger partial charge on any atom is 0.311 e. The van der Waals surface area contributed by atoms with E-state index in [1.54, 1.807) is 24.3 Å². The Kier molecular flexibility index (Phi) is 8.04. The fourth-order valence-electron chi connectivity index (χ4n) is 2.15. The first kappa shape index (κ1) is 18.0. The van der Waals surface area contributed by atoms with Crippen molar-refractivity contribution in [3.63, 3.8) is 0 Å². The zero-order chi connectivity index (χ0) is 16.4. The molecular weight excluding hydrogens is 282 g/mol. The molecule has 0 heterocycles. The Hall–Kier alpha value is -2.04. The molecule has 1 aromatic carbocycles. The SMILES string of the molecule is CCCCCCOc1ccc([C@H](CC(=O)NC)C(=O)O)cc1. The van der Waals surface area contributed by atoms with Crippen LogP contribution in [-0.2, 0) is 9.59 Å². The van der Waals surface area contributed by atoms with Crippen molar-refractivity contribution in [2.75, 3.05) is 13.7 Å². The molecule has 2 N–H and O–H groups in total. The van der Waals surface area contributed by atoms with Gasteiger partial charge >= 0.3 is 5.97 Å². The summed E-state index contributed by atoms with van der Waals surface area (Å²) in [4.78, 5) is 22.7. The number of aliphatic carboxylic acids is 1. The van der Waals surface area contributed by atoms with E-state index < -0.39 is 11.9 Å². The van der Waals surface area contributed by atoms with Gasteiger partial charge in [-0.3, -0.25) is 9.59 Å². The van der Waals surface area contributed by atoms with Crippen molar-refractivity contribution in [3.8, 4) is 5.75 Å². The van der Waals surface area contributed by atoms with E-state index in [9.17, 15) is 14.7 Å². The maximum absolute atomic E-state index is 11.4. The first-order valence-electron chi connectivity index (χ1n) is 7.74. The molecule has 5 nitrogen and oxygen atoms in total. The minimum absolute atomic E-state index is 0.0664. The molecule has 0 fully saturated rings. The lowest BCUT2D eigenvalue weighted by Gasteiger charge is -2.13. The van der Waals surface area contributed by atoms with Crippen LogP contribution in [0.1, 0.15) is 50.5 Å². The molecule has 0 saturated heterocycles. The number of amides is 1. The second-order valence-corrected chi connectivity index (χ2v) is 5.25. The predicted molar refractivity (Wildman–Crippen MR) is 85.1 cm³/mol. The number of benzene rings is 1. The van der Waals surface area contributed by atoms with Crippen LogP contribution in [0.15, 0.2) is 24.3 Å². The lowest BCUT2D eigenvalue weighted by atomic mass is 9.95. The molecule has 1 rings (SSSR count). The quantitative estimate of drug-likeness (QED) is 0.652. The van der Waals surface area contributed by atoms with Crippen molar-refractivity contribution < 1.29 is 19.4 Å². The molecule has 1 atom stereocenters. The molecule has 0 aliphatic heterocycles. The number of carboxylic acid groups (broad SMARTS) is 1. The number of carboxylic acids is 1. The van der Waals surface area contributed by atoms with E-state index in [0.717, 1.165) is 18.6 Å². The highest BCUT2D eigenvalue weighted by molar-refractivity contribution is 5.85. The van der Waals surface area contributed by atoms with Gasteiger partial charge in [0.05, 0.1) is 12.5 Å². The van der Waals surface area contributed by atoms with Crippen LogP contribution in [-0.4, -0.2) is 30.6 Å². The standard InChI is InChI=1S/C17H25NO4/c1-3-4-5-6-11-22-14-9-7-13(8-10-14)15(17(20)21)12-16(19)18-2/h7-10,15H,3-6,11-12H2,1-2H3,(H,18,19)(H,20,21)/t15-/m0/s1. The summed E-state index contributed by atoms with van der Waals surface area (Å²) >= 11 is 0. The van der Waals surface area contributed by atoms with Gasteiger partial charge in [0, 0.05) is 13.5 Å². The van der Waals surface area contributed by atoms with Crippen LogP contribution in [0.2, 0.25) is 0 Å². The minimum atomic E-state index is -1.00. The molecule has 1 aromatic rings. The summed E-state index contributed by atoms with van der Waals surface area (Å²) in [6.45, 7) is 2.83. The molecule has 22 heavy (non-hydrogen) atoms. The van der Waals surface area contributed by atoms with Crippen LogP contribution in [0.3, 0.4) is 0 Å². The van der Waals surface area contributed by atoms with Gasteiger partial charge in [0.2, 0.25) is 5.91 Å². The summed E-state index contributed by atoms with van der Waals surface area (Å²) in [5.41, 5.74) is 0.606. The number of hydrogen-bond acceptors (Lipinski definition) is 3. The average Bonchev–Trinajstić information content (AvgIpc) is 2.52. The van der Waals surface area contributed by atoms with Crippen molar-refractivity contribution in [2.24, 2.45) is 0 Å². The molecule has 1 amide bonds. The number of hydrogen-bond donors (Lipinski definition) is 2. The normalized spacial score (nSPS) is 11.7. The van der Waals surface area contributed by atoms with Gasteiger partial charge < -0.3 is 15.2 Å². The molecule has 0 spiro atoms. The molecule has 122 valence electrons. The largest absolute Gasteiger partial charge is 0.494 e. The first-order chi connectivity index (χ1) is 10.6. The highest BCUT2D eigenvalue weighted by Gasteiger charge is 2.22. The molecule has 0 aliphatic carbocycles. The van der Waals surface area contributed by atoms with Crippen LogP contribution in [0.5, 0.6) is 5.75 Å². The third-order valence-electron chi connectivity index (χ3n) is 3.52. The van der Waals surface area contributed by atoms with E-state index in [1.807, 2.05) is 0 Å². The summed E-state index contributed by atoms with van der Waals surface area (Å²) in [6, 6.07) is 6.94. The molecule has 0 radical (unpaired) electrons. The first-order valence-corrected chi connectivity index (χ1v) is 7.74. The molecule has 0 saturated carbocycles. The molecule has 0 bridgehead atoms. The van der Waals surface area contributed by atoms with Gasteiger partial charge in [-0.05, 0) is 24.1 Å². The molecule has 0 aromatic heterocycles. The van der Waals surface area contributed by atoms with Gasteiger partial charge in [0.1, 0.15) is 5.75 Å². The Morgan fingerprint density at radius 3 is 2.41 bits per heavy atom. The Bertz CT molecular complexity index is 470. The third kappa shape index (κ3) is 6.16. The van der Waals surface area contributed by atoms with E-state index in [1.165, 1.54) is 19.9 Å². The third-order valence-corrected chi connectivity index (χ3v) is 3.52. The van der Waals surface area contributed by atoms with E-state index in [4.69, 9.17) is 4.74 Å². The van der Waals surface area contributed by atoms with Gasteiger partial charge in [-0.25, -0.2) is 0 Å². The predicted octanol–water partition coefficient (Wildman–Crippen LogP) is 2.95. The fraction of sp³-hybridized carbons (Fsp3) is 0.529. The number of carbonyl (C=O) groups is 2. The minimum Gasteiger partial charge on any atom is -0.494 e. The van der Waals surface area contributed by atoms with Gasteiger partial charge in [-0.2, -0.15) is 0 Å². The number of unbranched alkanes of at least 4 members (excludes halogenated alkanes) is 3. The van der Waals surface area contributed by atoms with Crippen LogP contribution in [0.25, 0.3) is 0 Å². The van der Waals surface area contributed by atoms with Gasteiger partial charge in [-0.1, -0.05) is 38.3 Å². The molecular formula is C17H25NO4. The smallest absolute Gasteiger partial charge is 0.311 e. The second kappa shape index (κ2) is 9.82. The summed E-state index contributed by atoms with van der Waals surface area (Å²) in [5.74, 6) is -1.40. The van der Waals surface area contributed by atoms with Crippen LogP contribution < -0.4 is 10.1 Å². The van der Waals surface area contributed by atoms with Crippen LogP contribution in [0.4, 0.5) is 0 Å². The molecule has 5 heteroatoms. The Morgan fingerprint density at radius 1 is 1.18 bits per heavy atom. The number of nitrogens with one attached hydrogen (secondary N) is 1. The van der Waals surface area contributed by atoms with Crippen molar-refractivity contribution in [3.05, 3.63) is 29.8 Å². The maximum atomic E-state index is 11.4. The lowest BCUT2D eigenvalue weighted by molar-refractivity contribution is -0.140. The van der Waals surface area contributed by atoms with E-state index in [2.05, 4.69) is 12.2 Å². The number of ether oxygens (including phenoxy) is 1. The second-order valence-electron chi connectivity index (χ2n) is 5.25. The Morgan fingerprint density at radius 2 is 1.86 bits per heavy atom. The summed E-state index contributed by atoms with van der Waals surface area (Å²) < 4.78 is 5.62. The topological polar surface area (TPSA) is 75.6 Å². The summed E-state index contributed by atoms with van der Waals surface area (Å²) in [7, 11) is 1.50. The van der Waals surface area contributed by atoms with E-state index in [0.29, 0.717) is 12.2 Å². The number of carbonyl (C=O) groups excluding carboxylic acids is 1. The summed E-state index contributed by atoms with van der Waals surface area (Å²) in [6.07, 6.45) is 4.51. The Labute approximate surface area is 131 Å². The van der Waals surface area contributed by atoms with Crippen molar-refractivity contribution in [2.45, 2.75) is 44.9 Å². The van der Waals surface area contributed by atoms with E-state index >= 15 is 0 Å². The summed E-state index contributed by atoms with van der Waals surface area (Å²) in [5, 5.41) is 11.7. The van der Waals surface area contributed by atoms with Gasteiger partial charge in [0.15, 0.2) is 0 Å².